The summed E-state index contributed by atoms with van der Waals surface area (Å²) in [4.78, 5) is 92.3. The largest absolute Gasteiger partial charge is 0.391 e. The highest BCUT2D eigenvalue weighted by molar-refractivity contribution is 7.13. The molecule has 450 valence electrons. The number of thiazole rings is 1. The molecule has 2 fully saturated rings. The number of nitrogens with one attached hydrogen (secondary N) is 4. The number of anilines is 3. The number of carbonyl (C=O) groups excluding carboxylic acids is 4. The molecule has 0 aliphatic carbocycles. The van der Waals surface area contributed by atoms with Crippen molar-refractivity contribution in [3.63, 3.8) is 0 Å². The molecule has 0 saturated carbocycles. The van der Waals surface area contributed by atoms with E-state index in [9.17, 15) is 34.2 Å². The molecule has 2 aliphatic heterocycles. The summed E-state index contributed by atoms with van der Waals surface area (Å²) in [6.45, 7) is 20.5. The van der Waals surface area contributed by atoms with E-state index in [4.69, 9.17) is 4.98 Å². The summed E-state index contributed by atoms with van der Waals surface area (Å²) in [6, 6.07) is 19.7. The van der Waals surface area contributed by atoms with Gasteiger partial charge >= 0.3 is 0 Å². The third-order valence-electron chi connectivity index (χ3n) is 15.7. The Morgan fingerprint density at radius 2 is 1.51 bits per heavy atom. The van der Waals surface area contributed by atoms with Gasteiger partial charge in [-0.2, -0.15) is 4.98 Å². The van der Waals surface area contributed by atoms with E-state index < -0.39 is 29.2 Å². The first-order valence-electron chi connectivity index (χ1n) is 29.7. The number of rotatable bonds is 28. The van der Waals surface area contributed by atoms with Crippen LogP contribution in [0.25, 0.3) is 27.3 Å². The van der Waals surface area contributed by atoms with Crippen LogP contribution in [0.1, 0.15) is 129 Å². The Bertz CT molecular complexity index is 3250. The fourth-order valence-corrected chi connectivity index (χ4v) is 11.7. The van der Waals surface area contributed by atoms with Crippen LogP contribution in [-0.4, -0.2) is 137 Å². The average molecular weight is 1170 g/mol. The lowest BCUT2D eigenvalue weighted by molar-refractivity contribution is -0.144. The first-order chi connectivity index (χ1) is 40.3. The van der Waals surface area contributed by atoms with E-state index in [1.165, 1.54) is 15.8 Å². The molecule has 4 amide bonds. The standard InChI is InChI=1S/C63H85N13O7S/c1-8-32-75-59(81)49-40-66-61(71-57(49)76(75)52-20-17-19-51(69-52)63(6,7)83)68-46-27-29-47(30-28-46)73-36-34-72(35-37-73)33-18-22-53(78)64-31-16-14-12-10-9-11-13-15-21-54(79)70-56(62(3,4)5)60(82)74-41-48(77)38-50(74)58(80)65-39-44-23-25-45(26-24-44)55-43(2)67-42-84-55/h8,17,19-20,23-30,40,42,48,50,56,77,83H,1,9-16,18,21-22,31-39,41H2,2-7H3,(H,64,78)(H,65,80)(H,70,79)(H,66,68,71)/t48-,50+,56-/m1/s1. The topological polar surface area (TPSA) is 245 Å². The van der Waals surface area contributed by atoms with Crippen molar-refractivity contribution in [3.05, 3.63) is 118 Å². The number of piperazine rings is 1. The van der Waals surface area contributed by atoms with E-state index in [0.29, 0.717) is 54.3 Å². The van der Waals surface area contributed by atoms with Gasteiger partial charge in [-0.05, 0) is 99.5 Å². The summed E-state index contributed by atoms with van der Waals surface area (Å²) in [5.41, 5.74) is 5.44. The number of benzene rings is 2. The molecule has 2 aliphatic rings. The third kappa shape index (κ3) is 16.7. The SMILES string of the molecule is C=CCn1c(=O)c2cnc(Nc3ccc(N4CCN(CCCC(=O)NCCCCCCCCCCC(=O)N[C@H](C(=O)N5C[C@H](O)C[C@H]5C(=O)NCc5ccc(-c6scnc6C)cc5)C(C)(C)C)CC4)cc3)nc2n1-c1cccc(C(C)(C)O)n1. The predicted molar refractivity (Wildman–Crippen MR) is 330 cm³/mol. The van der Waals surface area contributed by atoms with E-state index in [0.717, 1.165) is 117 Å². The molecule has 2 saturated heterocycles. The normalized spacial score (nSPS) is 16.2. The van der Waals surface area contributed by atoms with Crippen LogP contribution >= 0.6 is 11.3 Å². The lowest BCUT2D eigenvalue weighted by atomic mass is 9.85. The van der Waals surface area contributed by atoms with Crippen molar-refractivity contribution in [2.45, 2.75) is 155 Å². The molecule has 6 N–H and O–H groups in total. The maximum atomic E-state index is 14.0. The Balaban J connectivity index is 0.657. The van der Waals surface area contributed by atoms with Crippen molar-refractivity contribution < 1.29 is 29.4 Å². The second-order valence-electron chi connectivity index (χ2n) is 23.8. The second kappa shape index (κ2) is 29.0. The molecule has 2 aromatic carbocycles. The maximum absolute atomic E-state index is 14.0. The Hall–Kier alpha value is -7.33. The second-order valence-corrected chi connectivity index (χ2v) is 24.7. The maximum Gasteiger partial charge on any atom is 0.278 e. The number of aromatic nitrogens is 6. The zero-order chi connectivity index (χ0) is 60.0. The van der Waals surface area contributed by atoms with Gasteiger partial charge in [0.15, 0.2) is 11.5 Å². The Morgan fingerprint density at radius 3 is 2.18 bits per heavy atom. The monoisotopic (exact) mass is 1170 g/mol. The highest BCUT2D eigenvalue weighted by Crippen LogP contribution is 2.30. The molecule has 0 unspecified atom stereocenters. The molecule has 84 heavy (non-hydrogen) atoms. The van der Waals surface area contributed by atoms with Gasteiger partial charge in [-0.15, -0.1) is 17.9 Å². The quantitative estimate of drug-likeness (QED) is 0.0202. The van der Waals surface area contributed by atoms with Gasteiger partial charge in [-0.1, -0.05) is 95.7 Å². The number of unbranched alkanes of at least 4 members (excludes halogenated alkanes) is 7. The molecule has 6 aromatic rings. The minimum atomic E-state index is -1.18. The lowest BCUT2D eigenvalue weighted by Crippen LogP contribution is -2.57. The van der Waals surface area contributed by atoms with Crippen molar-refractivity contribution in [1.29, 1.82) is 0 Å². The van der Waals surface area contributed by atoms with Gasteiger partial charge in [0.1, 0.15) is 23.1 Å². The first kappa shape index (κ1) is 62.7. The van der Waals surface area contributed by atoms with E-state index >= 15 is 0 Å². The van der Waals surface area contributed by atoms with Crippen molar-refractivity contribution in [3.8, 4) is 16.3 Å². The molecular formula is C63H85N13O7S. The summed E-state index contributed by atoms with van der Waals surface area (Å²) in [6.07, 6.45) is 12.0. The lowest BCUT2D eigenvalue weighted by Gasteiger charge is -2.36. The van der Waals surface area contributed by atoms with Crippen molar-refractivity contribution in [2.75, 3.05) is 56.0 Å². The highest BCUT2D eigenvalue weighted by Gasteiger charge is 2.44. The van der Waals surface area contributed by atoms with Gasteiger partial charge in [0.2, 0.25) is 29.6 Å². The summed E-state index contributed by atoms with van der Waals surface area (Å²) in [5, 5.41) is 33.9. The number of fused-ring (bicyclic) bond motifs is 1. The molecule has 0 radical (unpaired) electrons. The number of pyridine rings is 1. The van der Waals surface area contributed by atoms with Gasteiger partial charge in [-0.25, -0.2) is 24.3 Å². The van der Waals surface area contributed by atoms with E-state index in [1.807, 2.05) is 69.6 Å². The fourth-order valence-electron chi connectivity index (χ4n) is 10.9. The first-order valence-corrected chi connectivity index (χ1v) is 30.6. The number of allylic oxidation sites excluding steroid dienone is 1. The Labute approximate surface area is 497 Å². The summed E-state index contributed by atoms with van der Waals surface area (Å²) in [7, 11) is 0. The molecule has 0 spiro atoms. The number of nitrogens with zero attached hydrogens (tertiary/aromatic N) is 9. The third-order valence-corrected chi connectivity index (χ3v) is 16.6. The Morgan fingerprint density at radius 1 is 0.821 bits per heavy atom. The van der Waals surface area contributed by atoms with E-state index in [-0.39, 0.29) is 55.2 Å². The van der Waals surface area contributed by atoms with E-state index in [1.54, 1.807) is 54.1 Å². The zero-order valence-electron chi connectivity index (χ0n) is 49.7. The molecule has 20 nitrogen and oxygen atoms in total. The van der Waals surface area contributed by atoms with Gasteiger partial charge in [0.05, 0.1) is 34.4 Å². The van der Waals surface area contributed by atoms with Gasteiger partial charge in [0, 0.05) is 82.6 Å². The average Bonchev–Trinajstić information content (AvgIpc) is 2.26. The number of amides is 4. The fraction of sp³-hybridized carbons (Fsp3) is 0.508. The number of likely N-dealkylation sites (tertiary alicyclic amines) is 1. The number of hydrogen-bond donors (Lipinski definition) is 6. The van der Waals surface area contributed by atoms with Crippen LogP contribution in [0, 0.1) is 12.3 Å². The zero-order valence-corrected chi connectivity index (χ0v) is 50.6. The number of aryl methyl sites for hydroxylation is 1. The molecule has 4 aromatic heterocycles. The van der Waals surface area contributed by atoms with Gasteiger partial charge < -0.3 is 41.3 Å². The Kier molecular flexibility index (Phi) is 21.6. The van der Waals surface area contributed by atoms with E-state index in [2.05, 4.69) is 64.7 Å². The van der Waals surface area contributed by atoms with Crippen molar-refractivity contribution in [2.24, 2.45) is 5.41 Å². The van der Waals surface area contributed by atoms with Crippen LogP contribution < -0.4 is 31.7 Å². The van der Waals surface area contributed by atoms with Crippen molar-refractivity contribution >= 4 is 63.3 Å². The van der Waals surface area contributed by atoms with Crippen LogP contribution in [0.4, 0.5) is 17.3 Å². The van der Waals surface area contributed by atoms with Gasteiger partial charge in [0.25, 0.3) is 5.56 Å². The number of aliphatic hydroxyl groups is 2. The van der Waals surface area contributed by atoms with Crippen molar-refractivity contribution in [1.82, 2.24) is 55.0 Å². The number of aliphatic hydroxyl groups excluding tert-OH is 1. The smallest absolute Gasteiger partial charge is 0.278 e. The molecule has 0 bridgehead atoms. The molecular weight excluding hydrogens is 1080 g/mol. The van der Waals surface area contributed by atoms with Crippen LogP contribution in [0.5, 0.6) is 0 Å². The van der Waals surface area contributed by atoms with Gasteiger partial charge in [-0.3, -0.25) is 28.9 Å². The minimum Gasteiger partial charge on any atom is -0.391 e. The summed E-state index contributed by atoms with van der Waals surface area (Å²) < 4.78 is 3.14. The molecule has 6 heterocycles. The molecule has 3 atom stereocenters. The van der Waals surface area contributed by atoms with Crippen LogP contribution in [0.2, 0.25) is 0 Å². The predicted octanol–water partition coefficient (Wildman–Crippen LogP) is 7.90. The number of carbonyl (C=O) groups is 4. The number of β-amino-alcohol motifs (C(OH)–C–C–N with tert-alkyl or cyclic N) is 1. The number of hydrogen-bond acceptors (Lipinski definition) is 15. The highest BCUT2D eigenvalue weighted by atomic mass is 32.1. The minimum absolute atomic E-state index is 0.0300. The van der Waals surface area contributed by atoms with Crippen LogP contribution in [0.15, 0.2) is 95.9 Å². The summed E-state index contributed by atoms with van der Waals surface area (Å²) >= 11 is 1.58. The summed E-state index contributed by atoms with van der Waals surface area (Å²) in [5.74, 6) is -0.0334. The molecule has 21 heteroatoms. The van der Waals surface area contributed by atoms with Crippen LogP contribution in [-0.2, 0) is 37.9 Å². The molecule has 8 rings (SSSR count). The van der Waals surface area contributed by atoms with Crippen LogP contribution in [0.3, 0.4) is 0 Å².